The van der Waals surface area contributed by atoms with Gasteiger partial charge in [-0.1, -0.05) is 30.3 Å². The van der Waals surface area contributed by atoms with Crippen LogP contribution in [-0.2, 0) is 0 Å². The van der Waals surface area contributed by atoms with Crippen LogP contribution >= 0.6 is 11.3 Å². The third-order valence-corrected chi connectivity index (χ3v) is 2.70. The Bertz CT molecular complexity index is 406. The number of thiophene rings is 1. The highest BCUT2D eigenvalue weighted by atomic mass is 32.1. The van der Waals surface area contributed by atoms with E-state index < -0.39 is 11.6 Å². The highest BCUT2D eigenvalue weighted by molar-refractivity contribution is 7.13. The molecule has 0 N–H and O–H groups in total. The van der Waals surface area contributed by atoms with Crippen molar-refractivity contribution in [2.45, 2.75) is 0 Å². The molecule has 1 aromatic heterocycles. The van der Waals surface area contributed by atoms with E-state index in [1.807, 2.05) is 6.07 Å². The van der Waals surface area contributed by atoms with Gasteiger partial charge in [0.25, 0.3) is 0 Å². The van der Waals surface area contributed by atoms with Crippen LogP contribution in [0.25, 0.3) is 10.4 Å². The first-order valence-electron chi connectivity index (χ1n) is 3.77. The average molecular weight is 196 g/mol. The molecule has 66 valence electrons. The molecule has 2 aromatic rings. The zero-order valence-electron chi connectivity index (χ0n) is 6.63. The summed E-state index contributed by atoms with van der Waals surface area (Å²) in [6.07, 6.45) is 0. The van der Waals surface area contributed by atoms with Crippen LogP contribution in [0.5, 0.6) is 0 Å². The van der Waals surface area contributed by atoms with Crippen molar-refractivity contribution in [3.63, 3.8) is 0 Å². The molecule has 3 heteroatoms. The van der Waals surface area contributed by atoms with Gasteiger partial charge in [-0.25, -0.2) is 8.78 Å². The summed E-state index contributed by atoms with van der Waals surface area (Å²) in [7, 11) is 0. The highest BCUT2D eigenvalue weighted by Crippen LogP contribution is 2.30. The fourth-order valence-corrected chi connectivity index (χ4v) is 1.90. The fraction of sp³-hybridized carbons (Fsp3) is 0. The maximum absolute atomic E-state index is 13.1. The molecule has 0 aliphatic heterocycles. The molecule has 0 saturated carbocycles. The maximum Gasteiger partial charge on any atom is 0.177 e. The second-order valence-corrected chi connectivity index (χ2v) is 3.47. The monoisotopic (exact) mass is 196 g/mol. The predicted octanol–water partition coefficient (Wildman–Crippen LogP) is 3.69. The SMILES string of the molecule is Fc1csc(-c2ccccc2)c1F. The lowest BCUT2D eigenvalue weighted by Gasteiger charge is -1.95. The van der Waals surface area contributed by atoms with Crippen LogP contribution in [-0.4, -0.2) is 0 Å². The van der Waals surface area contributed by atoms with E-state index in [1.54, 1.807) is 24.3 Å². The first-order valence-corrected chi connectivity index (χ1v) is 4.65. The van der Waals surface area contributed by atoms with Gasteiger partial charge >= 0.3 is 0 Å². The van der Waals surface area contributed by atoms with Crippen molar-refractivity contribution in [3.05, 3.63) is 47.3 Å². The minimum Gasteiger partial charge on any atom is -0.203 e. The largest absolute Gasteiger partial charge is 0.203 e. The molecule has 0 spiro atoms. The van der Waals surface area contributed by atoms with Crippen LogP contribution in [0.2, 0.25) is 0 Å². The van der Waals surface area contributed by atoms with Crippen LogP contribution in [0.3, 0.4) is 0 Å². The molecular weight excluding hydrogens is 190 g/mol. The summed E-state index contributed by atoms with van der Waals surface area (Å²) in [5.74, 6) is -1.53. The van der Waals surface area contributed by atoms with E-state index in [4.69, 9.17) is 0 Å². The van der Waals surface area contributed by atoms with Gasteiger partial charge in [-0.05, 0) is 5.56 Å². The van der Waals surface area contributed by atoms with E-state index >= 15 is 0 Å². The number of benzene rings is 1. The molecule has 1 heterocycles. The molecule has 0 atom stereocenters. The second kappa shape index (κ2) is 3.26. The molecule has 2 rings (SSSR count). The molecular formula is C10H6F2S. The maximum atomic E-state index is 13.1. The molecule has 0 aliphatic carbocycles. The van der Waals surface area contributed by atoms with E-state index in [9.17, 15) is 8.78 Å². The van der Waals surface area contributed by atoms with E-state index in [0.29, 0.717) is 10.4 Å². The van der Waals surface area contributed by atoms with Crippen LogP contribution in [0.15, 0.2) is 35.7 Å². The van der Waals surface area contributed by atoms with Gasteiger partial charge in [0.15, 0.2) is 11.6 Å². The summed E-state index contributed by atoms with van der Waals surface area (Å²) in [5, 5.41) is 1.18. The molecule has 13 heavy (non-hydrogen) atoms. The third-order valence-electron chi connectivity index (χ3n) is 1.73. The normalized spacial score (nSPS) is 10.3. The lowest BCUT2D eigenvalue weighted by molar-refractivity contribution is 0.518. The molecule has 0 unspecified atom stereocenters. The smallest absolute Gasteiger partial charge is 0.177 e. The molecule has 0 amide bonds. The zero-order chi connectivity index (χ0) is 9.26. The van der Waals surface area contributed by atoms with Gasteiger partial charge in [-0.2, -0.15) is 0 Å². The van der Waals surface area contributed by atoms with Gasteiger partial charge in [0.1, 0.15) is 0 Å². The van der Waals surface area contributed by atoms with Crippen molar-refractivity contribution in [1.29, 1.82) is 0 Å². The van der Waals surface area contributed by atoms with Crippen molar-refractivity contribution in [1.82, 2.24) is 0 Å². The summed E-state index contributed by atoms with van der Waals surface area (Å²) in [6.45, 7) is 0. The third kappa shape index (κ3) is 1.47. The fourth-order valence-electron chi connectivity index (χ4n) is 1.11. The van der Waals surface area contributed by atoms with E-state index in [-0.39, 0.29) is 0 Å². The quantitative estimate of drug-likeness (QED) is 0.652. The summed E-state index contributed by atoms with van der Waals surface area (Å²) in [5.41, 5.74) is 0.717. The Kier molecular flexibility index (Phi) is 2.10. The summed E-state index contributed by atoms with van der Waals surface area (Å²) in [4.78, 5) is 0.359. The van der Waals surface area contributed by atoms with E-state index in [1.165, 1.54) is 5.38 Å². The predicted molar refractivity (Wildman–Crippen MR) is 49.7 cm³/mol. The minimum absolute atomic E-state index is 0.359. The summed E-state index contributed by atoms with van der Waals surface area (Å²) < 4.78 is 25.7. The molecule has 0 nitrogen and oxygen atoms in total. The molecule has 0 aliphatic rings. The standard InChI is InChI=1S/C10H6F2S/c11-8-6-13-10(9(8)12)7-4-2-1-3-5-7/h1-6H. The van der Waals surface area contributed by atoms with E-state index in [2.05, 4.69) is 0 Å². The lowest BCUT2D eigenvalue weighted by atomic mass is 10.2. The van der Waals surface area contributed by atoms with Gasteiger partial charge in [0.05, 0.1) is 4.88 Å². The van der Waals surface area contributed by atoms with Gasteiger partial charge in [0.2, 0.25) is 0 Å². The van der Waals surface area contributed by atoms with Crippen LogP contribution in [0.1, 0.15) is 0 Å². The van der Waals surface area contributed by atoms with Gasteiger partial charge in [-0.15, -0.1) is 11.3 Å². The van der Waals surface area contributed by atoms with Gasteiger partial charge in [0, 0.05) is 5.38 Å². The minimum atomic E-state index is -0.774. The average Bonchev–Trinajstić information content (AvgIpc) is 2.49. The number of rotatable bonds is 1. The zero-order valence-corrected chi connectivity index (χ0v) is 7.44. The van der Waals surface area contributed by atoms with Gasteiger partial charge in [-0.3, -0.25) is 0 Å². The molecule has 1 aromatic carbocycles. The Hall–Kier alpha value is -1.22. The molecule has 0 bridgehead atoms. The number of halogens is 2. The Labute approximate surface area is 78.5 Å². The van der Waals surface area contributed by atoms with Gasteiger partial charge < -0.3 is 0 Å². The van der Waals surface area contributed by atoms with Crippen LogP contribution in [0.4, 0.5) is 8.78 Å². The number of hydrogen-bond donors (Lipinski definition) is 0. The van der Waals surface area contributed by atoms with Crippen LogP contribution in [0, 0.1) is 11.6 Å². The second-order valence-electron chi connectivity index (χ2n) is 2.59. The van der Waals surface area contributed by atoms with E-state index in [0.717, 1.165) is 11.3 Å². The number of hydrogen-bond acceptors (Lipinski definition) is 1. The lowest BCUT2D eigenvalue weighted by Crippen LogP contribution is -1.78. The Morgan fingerprint density at radius 3 is 2.23 bits per heavy atom. The van der Waals surface area contributed by atoms with Crippen molar-refractivity contribution in [2.24, 2.45) is 0 Å². The molecule has 0 radical (unpaired) electrons. The highest BCUT2D eigenvalue weighted by Gasteiger charge is 2.11. The van der Waals surface area contributed by atoms with Crippen molar-refractivity contribution >= 4 is 11.3 Å². The Morgan fingerprint density at radius 1 is 1.00 bits per heavy atom. The molecule has 0 fully saturated rings. The van der Waals surface area contributed by atoms with Crippen LogP contribution < -0.4 is 0 Å². The van der Waals surface area contributed by atoms with Crippen molar-refractivity contribution in [3.8, 4) is 10.4 Å². The first kappa shape index (κ1) is 8.38. The summed E-state index contributed by atoms with van der Waals surface area (Å²) >= 11 is 1.08. The molecule has 0 saturated heterocycles. The Balaban J connectivity index is 2.53. The first-order chi connectivity index (χ1) is 6.29. The van der Waals surface area contributed by atoms with Crippen molar-refractivity contribution < 1.29 is 8.78 Å². The summed E-state index contributed by atoms with van der Waals surface area (Å²) in [6, 6.07) is 8.95. The Morgan fingerprint density at radius 2 is 1.69 bits per heavy atom. The topological polar surface area (TPSA) is 0 Å². The van der Waals surface area contributed by atoms with Crippen molar-refractivity contribution in [2.75, 3.05) is 0 Å².